The van der Waals surface area contributed by atoms with E-state index in [4.69, 9.17) is 4.74 Å². The van der Waals surface area contributed by atoms with E-state index >= 15 is 0 Å². The molecule has 6 heteroatoms. The van der Waals surface area contributed by atoms with Crippen molar-refractivity contribution >= 4 is 11.5 Å². The Morgan fingerprint density at radius 3 is 2.33 bits per heavy atom. The van der Waals surface area contributed by atoms with Gasteiger partial charge >= 0.3 is 0 Å². The highest BCUT2D eigenvalue weighted by molar-refractivity contribution is 5.67. The fourth-order valence-electron chi connectivity index (χ4n) is 5.82. The molecule has 1 aliphatic carbocycles. The van der Waals surface area contributed by atoms with Crippen molar-refractivity contribution in [1.29, 1.82) is 0 Å². The molecule has 2 saturated heterocycles. The highest BCUT2D eigenvalue weighted by atomic mass is 16.5. The Morgan fingerprint density at radius 2 is 1.73 bits per heavy atom. The molecule has 3 heterocycles. The Balaban J connectivity index is 1.12. The zero-order valence-corrected chi connectivity index (χ0v) is 20.0. The third kappa shape index (κ3) is 5.22. The topological polar surface area (TPSA) is 53.5 Å². The maximum Gasteiger partial charge on any atom is 0.148 e. The van der Waals surface area contributed by atoms with Crippen LogP contribution in [-0.4, -0.2) is 73.0 Å². The summed E-state index contributed by atoms with van der Waals surface area (Å²) in [4.78, 5) is 4.74. The van der Waals surface area contributed by atoms with Crippen molar-refractivity contribution in [2.75, 3.05) is 52.3 Å². The molecule has 0 amide bonds. The molecule has 6 nitrogen and oxygen atoms in total. The van der Waals surface area contributed by atoms with Crippen molar-refractivity contribution in [2.24, 2.45) is 17.8 Å². The van der Waals surface area contributed by atoms with Crippen molar-refractivity contribution in [2.45, 2.75) is 31.7 Å². The minimum atomic E-state index is 0.515. The number of fused-ring (bicyclic) bond motifs is 1. The smallest absolute Gasteiger partial charge is 0.148 e. The van der Waals surface area contributed by atoms with E-state index in [2.05, 4.69) is 63.4 Å². The Kier molecular flexibility index (Phi) is 6.65. The molecular formula is C27H37N5O. The van der Waals surface area contributed by atoms with Crippen LogP contribution in [0.1, 0.15) is 31.2 Å². The Labute approximate surface area is 198 Å². The Hall–Kier alpha value is -2.44. The highest BCUT2D eigenvalue weighted by Crippen LogP contribution is 2.39. The number of likely N-dealkylation sites (tertiary alicyclic amines) is 1. The van der Waals surface area contributed by atoms with Crippen LogP contribution in [0.5, 0.6) is 0 Å². The number of ether oxygens (including phenoxy) is 1. The van der Waals surface area contributed by atoms with Gasteiger partial charge in [0.25, 0.3) is 0 Å². The fourth-order valence-corrected chi connectivity index (χ4v) is 5.82. The molecule has 3 atom stereocenters. The minimum absolute atomic E-state index is 0.515. The van der Waals surface area contributed by atoms with Gasteiger partial charge in [-0.05, 0) is 61.1 Å². The zero-order valence-electron chi connectivity index (χ0n) is 20.0. The SMILES string of the molecule is C=C(c1ccc(-c2ccc(NC3C[C@@H]4CN(CC5CCOCC5)C[C@@H]4C3)nn2)cc1)N(C)C. The summed E-state index contributed by atoms with van der Waals surface area (Å²) in [7, 11) is 4.02. The average molecular weight is 448 g/mol. The lowest BCUT2D eigenvalue weighted by Gasteiger charge is -2.27. The van der Waals surface area contributed by atoms with E-state index in [1.165, 1.54) is 45.3 Å². The molecule has 0 spiro atoms. The molecule has 3 fully saturated rings. The van der Waals surface area contributed by atoms with Gasteiger partial charge in [-0.25, -0.2) is 0 Å². The van der Waals surface area contributed by atoms with Crippen LogP contribution in [0.25, 0.3) is 17.0 Å². The Bertz CT molecular complexity index is 922. The Morgan fingerprint density at radius 1 is 1.03 bits per heavy atom. The summed E-state index contributed by atoms with van der Waals surface area (Å²) in [6, 6.07) is 13.0. The van der Waals surface area contributed by atoms with Gasteiger partial charge in [0, 0.05) is 64.2 Å². The number of rotatable bonds is 7. The summed E-state index contributed by atoms with van der Waals surface area (Å²) in [5.74, 6) is 3.37. The van der Waals surface area contributed by atoms with Crippen molar-refractivity contribution < 1.29 is 4.74 Å². The van der Waals surface area contributed by atoms with Crippen LogP contribution in [0.15, 0.2) is 43.0 Å². The number of hydrogen-bond donors (Lipinski definition) is 1. The van der Waals surface area contributed by atoms with E-state index in [9.17, 15) is 0 Å². The summed E-state index contributed by atoms with van der Waals surface area (Å²) in [6.07, 6.45) is 4.96. The van der Waals surface area contributed by atoms with Crippen LogP contribution in [0, 0.1) is 17.8 Å². The molecule has 0 bridgehead atoms. The van der Waals surface area contributed by atoms with Gasteiger partial charge in [-0.15, -0.1) is 10.2 Å². The number of hydrogen-bond acceptors (Lipinski definition) is 6. The second kappa shape index (κ2) is 9.82. The summed E-state index contributed by atoms with van der Waals surface area (Å²) in [5, 5.41) is 12.6. The third-order valence-corrected chi connectivity index (χ3v) is 7.75. The molecule has 33 heavy (non-hydrogen) atoms. The summed E-state index contributed by atoms with van der Waals surface area (Å²) < 4.78 is 5.52. The van der Waals surface area contributed by atoms with E-state index < -0.39 is 0 Å². The monoisotopic (exact) mass is 447 g/mol. The van der Waals surface area contributed by atoms with Gasteiger partial charge in [-0.3, -0.25) is 0 Å². The van der Waals surface area contributed by atoms with Crippen LogP contribution in [0.2, 0.25) is 0 Å². The highest BCUT2D eigenvalue weighted by Gasteiger charge is 2.41. The first-order valence-corrected chi connectivity index (χ1v) is 12.4. The number of nitrogens with zero attached hydrogens (tertiary/aromatic N) is 4. The molecular weight excluding hydrogens is 410 g/mol. The lowest BCUT2D eigenvalue weighted by Crippen LogP contribution is -2.32. The summed E-state index contributed by atoms with van der Waals surface area (Å²) in [5.41, 5.74) is 4.09. The first-order valence-electron chi connectivity index (χ1n) is 12.4. The summed E-state index contributed by atoms with van der Waals surface area (Å²) in [6.45, 7) is 9.83. The van der Waals surface area contributed by atoms with Crippen molar-refractivity contribution in [3.63, 3.8) is 0 Å². The first kappa shape index (κ1) is 22.4. The van der Waals surface area contributed by atoms with Gasteiger partial charge in [-0.1, -0.05) is 30.8 Å². The van der Waals surface area contributed by atoms with Crippen molar-refractivity contribution in [3.05, 3.63) is 48.5 Å². The molecule has 3 aliphatic rings. The van der Waals surface area contributed by atoms with Crippen LogP contribution in [0.4, 0.5) is 5.82 Å². The van der Waals surface area contributed by atoms with Gasteiger partial charge in [0.2, 0.25) is 0 Å². The second-order valence-corrected chi connectivity index (χ2v) is 10.3. The third-order valence-electron chi connectivity index (χ3n) is 7.75. The van der Waals surface area contributed by atoms with E-state index in [1.807, 2.05) is 19.0 Å². The molecule has 1 aromatic carbocycles. The normalized spacial score (nSPS) is 25.7. The van der Waals surface area contributed by atoms with Crippen LogP contribution in [-0.2, 0) is 4.74 Å². The van der Waals surface area contributed by atoms with E-state index in [-0.39, 0.29) is 0 Å². The molecule has 0 radical (unpaired) electrons. The largest absolute Gasteiger partial charge is 0.381 e. The molecule has 2 aromatic rings. The number of benzene rings is 1. The van der Waals surface area contributed by atoms with Crippen LogP contribution < -0.4 is 5.32 Å². The first-order chi connectivity index (χ1) is 16.0. The standard InChI is InChI=1S/C27H37N5O/c1-19(31(2)3)21-4-6-22(7-5-21)26-8-9-27(30-29-26)28-25-14-23-17-32(18-24(23)15-25)16-20-10-12-33-13-11-20/h4-9,20,23-25H,1,10-18H2,2-3H3,(H,28,30)/t23-,24+,25?. The van der Waals surface area contributed by atoms with Gasteiger partial charge in [0.1, 0.15) is 5.82 Å². The molecule has 5 rings (SSSR count). The van der Waals surface area contributed by atoms with Crippen molar-refractivity contribution in [1.82, 2.24) is 20.0 Å². The number of nitrogens with one attached hydrogen (secondary N) is 1. The molecule has 2 aliphatic heterocycles. The van der Waals surface area contributed by atoms with Crippen LogP contribution >= 0.6 is 0 Å². The van der Waals surface area contributed by atoms with E-state index in [1.54, 1.807) is 0 Å². The molecule has 1 saturated carbocycles. The average Bonchev–Trinajstić information content (AvgIpc) is 3.37. The lowest BCUT2D eigenvalue weighted by atomic mass is 10.00. The number of aromatic nitrogens is 2. The molecule has 1 aromatic heterocycles. The van der Waals surface area contributed by atoms with Crippen molar-refractivity contribution in [3.8, 4) is 11.3 Å². The minimum Gasteiger partial charge on any atom is -0.381 e. The van der Waals surface area contributed by atoms with Gasteiger partial charge in [0.05, 0.1) is 5.69 Å². The maximum atomic E-state index is 5.52. The fraction of sp³-hybridized carbons (Fsp3) is 0.556. The van der Waals surface area contributed by atoms with Crippen LogP contribution in [0.3, 0.4) is 0 Å². The van der Waals surface area contributed by atoms with Gasteiger partial charge in [-0.2, -0.15) is 0 Å². The molecule has 1 unspecified atom stereocenters. The molecule has 176 valence electrons. The van der Waals surface area contributed by atoms with E-state index in [0.717, 1.165) is 59.3 Å². The zero-order chi connectivity index (χ0) is 22.8. The predicted molar refractivity (Wildman–Crippen MR) is 134 cm³/mol. The quantitative estimate of drug-likeness (QED) is 0.686. The van der Waals surface area contributed by atoms with Gasteiger partial charge in [0.15, 0.2) is 0 Å². The summed E-state index contributed by atoms with van der Waals surface area (Å²) >= 11 is 0. The van der Waals surface area contributed by atoms with E-state index in [0.29, 0.717) is 6.04 Å². The molecule has 1 N–H and O–H groups in total. The predicted octanol–water partition coefficient (Wildman–Crippen LogP) is 4.22. The van der Waals surface area contributed by atoms with Gasteiger partial charge < -0.3 is 19.9 Å². The number of anilines is 1. The maximum absolute atomic E-state index is 5.52. The lowest BCUT2D eigenvalue weighted by molar-refractivity contribution is 0.0545. The second-order valence-electron chi connectivity index (χ2n) is 10.3.